The van der Waals surface area contributed by atoms with Crippen LogP contribution in [0.1, 0.15) is 43.3 Å². The lowest BCUT2D eigenvalue weighted by Crippen LogP contribution is -2.29. The zero-order valence-corrected chi connectivity index (χ0v) is 9.07. The van der Waals surface area contributed by atoms with Gasteiger partial charge in [-0.15, -0.1) is 0 Å². The second-order valence-corrected chi connectivity index (χ2v) is 4.76. The lowest BCUT2D eigenvalue weighted by Gasteiger charge is -2.11. The summed E-state index contributed by atoms with van der Waals surface area (Å²) in [5.74, 6) is 3.15. The topological polar surface area (TPSA) is 51.0 Å². The van der Waals surface area contributed by atoms with E-state index in [0.717, 1.165) is 24.1 Å². The van der Waals surface area contributed by atoms with Crippen LogP contribution < -0.4 is 5.32 Å². The molecule has 1 N–H and O–H groups in total. The van der Waals surface area contributed by atoms with Crippen LogP contribution in [0.3, 0.4) is 0 Å². The molecule has 1 unspecified atom stereocenters. The third kappa shape index (κ3) is 2.04. The number of aromatic nitrogens is 2. The summed E-state index contributed by atoms with van der Waals surface area (Å²) in [7, 11) is 2.02. The predicted octanol–water partition coefficient (Wildman–Crippen LogP) is 1.49. The van der Waals surface area contributed by atoms with Crippen molar-refractivity contribution in [3.63, 3.8) is 0 Å². The number of nitrogens with zero attached hydrogens (tertiary/aromatic N) is 2. The Bertz CT molecular complexity index is 341. The molecular formula is C11H17N3O. The van der Waals surface area contributed by atoms with Crippen molar-refractivity contribution in [2.24, 2.45) is 5.92 Å². The maximum absolute atomic E-state index is 5.28. The molecule has 1 atom stereocenters. The highest BCUT2D eigenvalue weighted by molar-refractivity contribution is 5.04. The van der Waals surface area contributed by atoms with Gasteiger partial charge in [-0.05, 0) is 38.6 Å². The Morgan fingerprint density at radius 1 is 1.40 bits per heavy atom. The van der Waals surface area contributed by atoms with Crippen molar-refractivity contribution in [1.82, 2.24) is 15.5 Å². The Morgan fingerprint density at radius 2 is 2.20 bits per heavy atom. The van der Waals surface area contributed by atoms with Crippen LogP contribution in [0.25, 0.3) is 0 Å². The van der Waals surface area contributed by atoms with E-state index in [0.29, 0.717) is 12.0 Å². The molecule has 2 fully saturated rings. The normalized spacial score (nSPS) is 23.0. The number of hydrogen-bond donors (Lipinski definition) is 1. The Morgan fingerprint density at radius 3 is 2.80 bits per heavy atom. The maximum Gasteiger partial charge on any atom is 0.228 e. The molecule has 0 bridgehead atoms. The quantitative estimate of drug-likeness (QED) is 0.794. The van der Waals surface area contributed by atoms with Gasteiger partial charge in [0.15, 0.2) is 5.82 Å². The molecule has 4 heteroatoms. The molecule has 0 saturated heterocycles. The lowest BCUT2D eigenvalue weighted by molar-refractivity contribution is 0.349. The van der Waals surface area contributed by atoms with Crippen LogP contribution in [-0.2, 0) is 6.42 Å². The van der Waals surface area contributed by atoms with Crippen molar-refractivity contribution in [3.05, 3.63) is 11.7 Å². The Hall–Kier alpha value is -0.900. The summed E-state index contributed by atoms with van der Waals surface area (Å²) in [5.41, 5.74) is 0. The van der Waals surface area contributed by atoms with Crippen molar-refractivity contribution < 1.29 is 4.52 Å². The largest absolute Gasteiger partial charge is 0.339 e. The molecule has 2 aliphatic carbocycles. The van der Waals surface area contributed by atoms with Gasteiger partial charge in [0.1, 0.15) is 0 Å². The molecule has 0 aromatic carbocycles. The van der Waals surface area contributed by atoms with Gasteiger partial charge in [0, 0.05) is 18.4 Å². The molecule has 0 radical (unpaired) electrons. The zero-order chi connectivity index (χ0) is 10.3. The summed E-state index contributed by atoms with van der Waals surface area (Å²) in [5, 5.41) is 7.37. The first-order valence-electron chi connectivity index (χ1n) is 5.86. The van der Waals surface area contributed by atoms with Gasteiger partial charge in [0.25, 0.3) is 0 Å². The van der Waals surface area contributed by atoms with Gasteiger partial charge in [-0.3, -0.25) is 0 Å². The van der Waals surface area contributed by atoms with Crippen LogP contribution in [0.5, 0.6) is 0 Å². The molecular weight excluding hydrogens is 190 g/mol. The fourth-order valence-corrected chi connectivity index (χ4v) is 2.05. The summed E-state index contributed by atoms with van der Waals surface area (Å²) < 4.78 is 5.28. The molecule has 1 heterocycles. The highest BCUT2D eigenvalue weighted by Crippen LogP contribution is 2.38. The number of nitrogens with one attached hydrogen (secondary N) is 1. The van der Waals surface area contributed by atoms with E-state index in [1.54, 1.807) is 0 Å². The fourth-order valence-electron chi connectivity index (χ4n) is 2.05. The molecule has 2 saturated carbocycles. The molecule has 2 aliphatic rings. The molecule has 1 aromatic heterocycles. The minimum Gasteiger partial charge on any atom is -0.339 e. The van der Waals surface area contributed by atoms with E-state index in [4.69, 9.17) is 4.52 Å². The molecule has 1 aromatic rings. The Balaban J connectivity index is 1.64. The van der Waals surface area contributed by atoms with Gasteiger partial charge >= 0.3 is 0 Å². The number of likely N-dealkylation sites (N-methyl/N-ethyl adjacent to an activating group) is 1. The van der Waals surface area contributed by atoms with E-state index < -0.39 is 0 Å². The highest BCUT2D eigenvalue weighted by atomic mass is 16.5. The van der Waals surface area contributed by atoms with E-state index in [1.165, 1.54) is 25.7 Å². The van der Waals surface area contributed by atoms with Crippen LogP contribution in [0, 0.1) is 5.92 Å². The number of hydrogen-bond acceptors (Lipinski definition) is 4. The van der Waals surface area contributed by atoms with Crippen LogP contribution in [0.4, 0.5) is 0 Å². The van der Waals surface area contributed by atoms with Crippen molar-refractivity contribution >= 4 is 0 Å². The molecule has 3 rings (SSSR count). The highest BCUT2D eigenvalue weighted by Gasteiger charge is 2.33. The summed E-state index contributed by atoms with van der Waals surface area (Å²) >= 11 is 0. The minimum absolute atomic E-state index is 0.525. The van der Waals surface area contributed by atoms with E-state index in [-0.39, 0.29) is 0 Å². The summed E-state index contributed by atoms with van der Waals surface area (Å²) in [6, 6.07) is 0.525. The molecule has 15 heavy (non-hydrogen) atoms. The van der Waals surface area contributed by atoms with Crippen molar-refractivity contribution in [2.45, 2.75) is 44.1 Å². The standard InChI is InChI=1S/C11H17N3O/c1-12-9(7-2-3-7)6-10-13-11(14-15-10)8-4-5-8/h7-9,12H,2-6H2,1H3. The van der Waals surface area contributed by atoms with Gasteiger partial charge in [-0.2, -0.15) is 4.98 Å². The van der Waals surface area contributed by atoms with Gasteiger partial charge in [-0.25, -0.2) is 0 Å². The van der Waals surface area contributed by atoms with Crippen molar-refractivity contribution in [1.29, 1.82) is 0 Å². The summed E-state index contributed by atoms with van der Waals surface area (Å²) in [4.78, 5) is 4.45. The van der Waals surface area contributed by atoms with Crippen LogP contribution >= 0.6 is 0 Å². The van der Waals surface area contributed by atoms with Crippen molar-refractivity contribution in [3.8, 4) is 0 Å². The smallest absolute Gasteiger partial charge is 0.228 e. The fraction of sp³-hybridized carbons (Fsp3) is 0.818. The first-order valence-corrected chi connectivity index (χ1v) is 5.86. The predicted molar refractivity (Wildman–Crippen MR) is 55.5 cm³/mol. The third-order valence-corrected chi connectivity index (χ3v) is 3.38. The molecule has 0 aliphatic heterocycles. The lowest BCUT2D eigenvalue weighted by atomic mass is 10.1. The summed E-state index contributed by atoms with van der Waals surface area (Å²) in [6.45, 7) is 0. The Kier molecular flexibility index (Phi) is 2.24. The van der Waals surface area contributed by atoms with Gasteiger partial charge < -0.3 is 9.84 Å². The Labute approximate surface area is 89.4 Å². The van der Waals surface area contributed by atoms with Crippen LogP contribution in [0.2, 0.25) is 0 Å². The molecule has 0 spiro atoms. The van der Waals surface area contributed by atoms with E-state index in [9.17, 15) is 0 Å². The van der Waals surface area contributed by atoms with Gasteiger partial charge in [-0.1, -0.05) is 5.16 Å². The van der Waals surface area contributed by atoms with E-state index >= 15 is 0 Å². The van der Waals surface area contributed by atoms with Crippen LogP contribution in [0.15, 0.2) is 4.52 Å². The van der Waals surface area contributed by atoms with Gasteiger partial charge in [0.2, 0.25) is 5.89 Å². The maximum atomic E-state index is 5.28. The summed E-state index contributed by atoms with van der Waals surface area (Å²) in [6.07, 6.45) is 6.04. The average Bonchev–Trinajstić information content (AvgIpc) is 3.14. The molecule has 0 amide bonds. The monoisotopic (exact) mass is 207 g/mol. The SMILES string of the molecule is CNC(Cc1nc(C2CC2)no1)C1CC1. The molecule has 82 valence electrons. The van der Waals surface area contributed by atoms with Crippen molar-refractivity contribution in [2.75, 3.05) is 7.05 Å². The third-order valence-electron chi connectivity index (χ3n) is 3.38. The molecule has 4 nitrogen and oxygen atoms in total. The second kappa shape index (κ2) is 3.59. The minimum atomic E-state index is 0.525. The number of rotatable bonds is 5. The van der Waals surface area contributed by atoms with Crippen LogP contribution in [-0.4, -0.2) is 23.2 Å². The zero-order valence-electron chi connectivity index (χ0n) is 9.07. The van der Waals surface area contributed by atoms with E-state index in [1.807, 2.05) is 7.05 Å². The van der Waals surface area contributed by atoms with Gasteiger partial charge in [0.05, 0.1) is 0 Å². The first-order chi connectivity index (χ1) is 7.36. The average molecular weight is 207 g/mol. The van der Waals surface area contributed by atoms with E-state index in [2.05, 4.69) is 15.5 Å². The second-order valence-electron chi connectivity index (χ2n) is 4.76. The first kappa shape index (κ1) is 9.33.